The first kappa shape index (κ1) is 46.8. The predicted molar refractivity (Wildman–Crippen MR) is 219 cm³/mol. The molecule has 0 aliphatic rings. The van der Waals surface area contributed by atoms with Crippen molar-refractivity contribution in [1.29, 1.82) is 0 Å². The highest BCUT2D eigenvalue weighted by Crippen LogP contribution is 2.28. The molecule has 0 heterocycles. The summed E-state index contributed by atoms with van der Waals surface area (Å²) in [5.74, 6) is -1.25. The average molecular weight is 821 g/mol. The van der Waals surface area contributed by atoms with Gasteiger partial charge in [-0.2, -0.15) is 0 Å². The smallest absolute Gasteiger partial charge is 0.343 e. The normalized spacial score (nSPS) is 10.5. The fourth-order valence-corrected chi connectivity index (χ4v) is 5.46. The number of hydrogen-bond acceptors (Lipinski definition) is 12. The Hall–Kier alpha value is -5.62. The van der Waals surface area contributed by atoms with Crippen molar-refractivity contribution in [2.24, 2.45) is 0 Å². The van der Waals surface area contributed by atoms with Gasteiger partial charge in [-0.1, -0.05) is 26.0 Å². The number of unbranched alkanes of at least 4 members (excludes halogenated alkanes) is 9. The van der Waals surface area contributed by atoms with Gasteiger partial charge >= 0.3 is 29.8 Å². The van der Waals surface area contributed by atoms with Crippen LogP contribution in [-0.2, 0) is 23.8 Å². The second-order valence-electron chi connectivity index (χ2n) is 13.0. The van der Waals surface area contributed by atoms with Crippen molar-refractivity contribution < 1.29 is 57.1 Å². The summed E-state index contributed by atoms with van der Waals surface area (Å²) in [4.78, 5) is 61.7. The van der Waals surface area contributed by atoms with Crippen LogP contribution < -0.4 is 18.9 Å². The van der Waals surface area contributed by atoms with Crippen molar-refractivity contribution in [3.05, 3.63) is 109 Å². The SMILES string of the molecule is C=CC(=O)OCCCCCCOc1ccc(C(=O)Oc2ccc(OC(=O)c3ccc(OCCCCCCOC(=O)C=C)cc3)c(C(=O)OCCCCCCCl)c2)cc1. The average Bonchev–Trinajstić information content (AvgIpc) is 3.24. The van der Waals surface area contributed by atoms with Crippen LogP contribution in [0, 0.1) is 0 Å². The summed E-state index contributed by atoms with van der Waals surface area (Å²) in [6.45, 7) is 8.56. The van der Waals surface area contributed by atoms with Crippen LogP contribution in [0.3, 0.4) is 0 Å². The van der Waals surface area contributed by atoms with Gasteiger partial charge in [0.15, 0.2) is 0 Å². The zero-order valence-corrected chi connectivity index (χ0v) is 33.7. The molecule has 0 bridgehead atoms. The minimum Gasteiger partial charge on any atom is -0.494 e. The van der Waals surface area contributed by atoms with E-state index in [0.29, 0.717) is 50.2 Å². The molecule has 0 spiro atoms. The highest BCUT2D eigenvalue weighted by atomic mass is 35.5. The molecule has 3 aromatic rings. The predicted octanol–water partition coefficient (Wildman–Crippen LogP) is 9.42. The van der Waals surface area contributed by atoms with E-state index in [2.05, 4.69) is 13.2 Å². The molecule has 0 aliphatic carbocycles. The molecule has 0 aromatic heterocycles. The Balaban J connectivity index is 1.55. The van der Waals surface area contributed by atoms with Crippen molar-refractivity contribution >= 4 is 41.4 Å². The molecule has 0 aliphatic heterocycles. The lowest BCUT2D eigenvalue weighted by atomic mass is 10.1. The highest BCUT2D eigenvalue weighted by molar-refractivity contribution is 6.17. The first-order chi connectivity index (χ1) is 28.2. The van der Waals surface area contributed by atoms with Crippen molar-refractivity contribution in [3.63, 3.8) is 0 Å². The van der Waals surface area contributed by atoms with E-state index in [1.807, 2.05) is 0 Å². The molecule has 0 radical (unpaired) electrons. The number of ether oxygens (including phenoxy) is 7. The van der Waals surface area contributed by atoms with Gasteiger partial charge in [0.2, 0.25) is 0 Å². The number of alkyl halides is 1. The van der Waals surface area contributed by atoms with Gasteiger partial charge in [0.25, 0.3) is 0 Å². The first-order valence-corrected chi connectivity index (χ1v) is 20.1. The van der Waals surface area contributed by atoms with E-state index in [0.717, 1.165) is 82.8 Å². The van der Waals surface area contributed by atoms with Gasteiger partial charge in [0.05, 0.1) is 44.2 Å². The van der Waals surface area contributed by atoms with E-state index >= 15 is 0 Å². The summed E-state index contributed by atoms with van der Waals surface area (Å²) in [7, 11) is 0. The Labute approximate surface area is 345 Å². The van der Waals surface area contributed by atoms with Gasteiger partial charge in [0, 0.05) is 18.0 Å². The van der Waals surface area contributed by atoms with Gasteiger partial charge < -0.3 is 33.2 Å². The van der Waals surface area contributed by atoms with Gasteiger partial charge in [-0.05, 0) is 131 Å². The van der Waals surface area contributed by atoms with E-state index in [9.17, 15) is 24.0 Å². The molecule has 58 heavy (non-hydrogen) atoms. The molecular weight excluding hydrogens is 768 g/mol. The van der Waals surface area contributed by atoms with Crippen molar-refractivity contribution in [2.45, 2.75) is 77.0 Å². The second kappa shape index (κ2) is 27.9. The lowest BCUT2D eigenvalue weighted by Gasteiger charge is -2.13. The Morgan fingerprint density at radius 1 is 0.466 bits per heavy atom. The number of benzene rings is 3. The monoisotopic (exact) mass is 820 g/mol. The summed E-state index contributed by atoms with van der Waals surface area (Å²) >= 11 is 5.76. The number of carbonyl (C=O) groups is 5. The Bertz CT molecular complexity index is 1750. The van der Waals surface area contributed by atoms with Crippen LogP contribution in [0.1, 0.15) is 108 Å². The summed E-state index contributed by atoms with van der Waals surface area (Å²) in [6.07, 6.45) is 12.2. The summed E-state index contributed by atoms with van der Waals surface area (Å²) in [5, 5.41) is 0. The number of hydrogen-bond donors (Lipinski definition) is 0. The largest absolute Gasteiger partial charge is 0.494 e. The minimum atomic E-state index is -0.739. The molecule has 13 heteroatoms. The molecule has 312 valence electrons. The maximum atomic E-state index is 13.3. The Morgan fingerprint density at radius 2 is 0.879 bits per heavy atom. The third-order valence-corrected chi connectivity index (χ3v) is 8.73. The second-order valence-corrected chi connectivity index (χ2v) is 13.4. The number of esters is 5. The highest BCUT2D eigenvalue weighted by Gasteiger charge is 2.21. The van der Waals surface area contributed by atoms with E-state index in [1.54, 1.807) is 48.5 Å². The molecule has 0 amide bonds. The van der Waals surface area contributed by atoms with Crippen molar-refractivity contribution in [2.75, 3.05) is 38.9 Å². The van der Waals surface area contributed by atoms with Crippen molar-refractivity contribution in [3.8, 4) is 23.0 Å². The van der Waals surface area contributed by atoms with Gasteiger partial charge in [-0.3, -0.25) is 0 Å². The summed E-state index contributed by atoms with van der Waals surface area (Å²) in [5.41, 5.74) is 0.403. The number of rotatable bonds is 29. The van der Waals surface area contributed by atoms with Crippen LogP contribution in [0.5, 0.6) is 23.0 Å². The first-order valence-electron chi connectivity index (χ1n) is 19.6. The topological polar surface area (TPSA) is 150 Å². The van der Waals surface area contributed by atoms with E-state index in [-0.39, 0.29) is 34.8 Å². The van der Waals surface area contributed by atoms with Crippen LogP contribution >= 0.6 is 11.6 Å². The maximum Gasteiger partial charge on any atom is 0.343 e. The lowest BCUT2D eigenvalue weighted by Crippen LogP contribution is -2.14. The quantitative estimate of drug-likeness (QED) is 0.0164. The molecule has 0 fully saturated rings. The summed E-state index contributed by atoms with van der Waals surface area (Å²) in [6, 6.07) is 17.0. The molecule has 0 unspecified atom stereocenters. The lowest BCUT2D eigenvalue weighted by molar-refractivity contribution is -0.138. The molecule has 3 aromatic carbocycles. The van der Waals surface area contributed by atoms with Gasteiger partial charge in [0.1, 0.15) is 28.6 Å². The molecule has 12 nitrogen and oxygen atoms in total. The van der Waals surface area contributed by atoms with Gasteiger partial charge in [-0.25, -0.2) is 24.0 Å². The Kier molecular flexibility index (Phi) is 22.5. The third kappa shape index (κ3) is 18.5. The number of halogens is 1. The fourth-order valence-electron chi connectivity index (χ4n) is 5.27. The number of carbonyl (C=O) groups excluding carboxylic acids is 5. The van der Waals surface area contributed by atoms with Gasteiger partial charge in [-0.15, -0.1) is 11.6 Å². The van der Waals surface area contributed by atoms with Crippen LogP contribution in [0.15, 0.2) is 92.0 Å². The van der Waals surface area contributed by atoms with E-state index < -0.39 is 29.8 Å². The fraction of sp³-hybridized carbons (Fsp3) is 0.400. The van der Waals surface area contributed by atoms with Crippen LogP contribution in [0.4, 0.5) is 0 Å². The van der Waals surface area contributed by atoms with E-state index in [1.165, 1.54) is 18.2 Å². The molecule has 3 rings (SSSR count). The zero-order chi connectivity index (χ0) is 41.8. The molecule has 0 saturated heterocycles. The third-order valence-electron chi connectivity index (χ3n) is 8.46. The van der Waals surface area contributed by atoms with E-state index in [4.69, 9.17) is 44.8 Å². The van der Waals surface area contributed by atoms with Crippen LogP contribution in [-0.4, -0.2) is 68.8 Å². The molecule has 0 saturated carbocycles. The van der Waals surface area contributed by atoms with Crippen LogP contribution in [0.25, 0.3) is 0 Å². The van der Waals surface area contributed by atoms with Crippen molar-refractivity contribution in [1.82, 2.24) is 0 Å². The summed E-state index contributed by atoms with van der Waals surface area (Å²) < 4.78 is 38.2. The molecule has 0 N–H and O–H groups in total. The Morgan fingerprint density at radius 3 is 1.34 bits per heavy atom. The zero-order valence-electron chi connectivity index (χ0n) is 32.9. The van der Waals surface area contributed by atoms with Crippen LogP contribution in [0.2, 0.25) is 0 Å². The maximum absolute atomic E-state index is 13.3. The minimum absolute atomic E-state index is 0.0519. The molecule has 0 atom stereocenters. The molecular formula is C45H53ClO12. The standard InChI is InChI=1S/C45H53ClO12/c1-3-41(47)54-30-14-9-7-12-28-52-36-21-17-34(18-22-36)43(49)57-38-25-26-40(39(33-38)45(51)56-32-16-6-5-11-27-46)58-44(50)35-19-23-37(24-20-35)53-29-13-8-10-15-31-55-42(48)4-2/h3-4,17-26,33H,1-2,5-16,27-32H2.